The van der Waals surface area contributed by atoms with E-state index in [2.05, 4.69) is 53.3 Å². The zero-order chi connectivity index (χ0) is 22.9. The predicted molar refractivity (Wildman–Crippen MR) is 121 cm³/mol. The summed E-state index contributed by atoms with van der Waals surface area (Å²) in [5.74, 6) is -1.74. The molecule has 0 saturated heterocycles. The smallest absolute Gasteiger partial charge is 0.335 e. The summed E-state index contributed by atoms with van der Waals surface area (Å²) in [6.45, 7) is 16.9. The largest absolute Gasteiger partial charge is 0.481 e. The van der Waals surface area contributed by atoms with E-state index in [1.165, 1.54) is 29.5 Å². The molecule has 30 heavy (non-hydrogen) atoms. The molecule has 0 aromatic heterocycles. The van der Waals surface area contributed by atoms with Crippen molar-refractivity contribution in [2.45, 2.75) is 65.2 Å². The maximum atomic E-state index is 11.1. The first-order valence-corrected chi connectivity index (χ1v) is 10.1. The lowest BCUT2D eigenvalue weighted by Crippen LogP contribution is -2.34. The van der Waals surface area contributed by atoms with Crippen molar-refractivity contribution in [1.82, 2.24) is 0 Å². The number of carboxylic acids is 2. The van der Waals surface area contributed by atoms with Crippen molar-refractivity contribution in [2.75, 3.05) is 0 Å². The highest BCUT2D eigenvalue weighted by Crippen LogP contribution is 2.47. The van der Waals surface area contributed by atoms with Crippen LogP contribution in [0.4, 0.5) is 0 Å². The van der Waals surface area contributed by atoms with Crippen LogP contribution in [0, 0.1) is 6.92 Å². The van der Waals surface area contributed by atoms with Gasteiger partial charge in [0.2, 0.25) is 0 Å². The molecule has 2 N–H and O–H groups in total. The summed E-state index contributed by atoms with van der Waals surface area (Å²) in [6, 6.07) is 11.6. The number of rotatable bonds is 3. The monoisotopic (exact) mass is 408 g/mol. The van der Waals surface area contributed by atoms with Gasteiger partial charge in [-0.05, 0) is 76.1 Å². The number of carbonyl (C=O) groups is 2. The third-order valence-corrected chi connectivity index (χ3v) is 6.00. The summed E-state index contributed by atoms with van der Waals surface area (Å²) in [6.07, 6.45) is 2.37. The Kier molecular flexibility index (Phi) is 6.60. The van der Waals surface area contributed by atoms with Gasteiger partial charge in [-0.2, -0.15) is 0 Å². The van der Waals surface area contributed by atoms with Gasteiger partial charge in [0.05, 0.1) is 5.56 Å². The van der Waals surface area contributed by atoms with E-state index in [-0.39, 0.29) is 10.8 Å². The number of hydrogen-bond donors (Lipinski definition) is 2. The number of fused-ring (bicyclic) bond motifs is 1. The lowest BCUT2D eigenvalue weighted by molar-refractivity contribution is -0.134. The summed E-state index contributed by atoms with van der Waals surface area (Å²) >= 11 is 0. The molecule has 1 aliphatic carbocycles. The second-order valence-electron chi connectivity index (χ2n) is 9.36. The van der Waals surface area contributed by atoms with E-state index in [0.29, 0.717) is 5.56 Å². The van der Waals surface area contributed by atoms with Crippen LogP contribution in [-0.2, 0) is 15.6 Å². The number of benzene rings is 2. The lowest BCUT2D eigenvalue weighted by Gasteiger charge is -2.42. The molecule has 3 rings (SSSR count). The molecule has 0 fully saturated rings. The van der Waals surface area contributed by atoms with Crippen LogP contribution in [0.5, 0.6) is 0 Å². The zero-order valence-electron chi connectivity index (χ0n) is 18.8. The lowest BCUT2D eigenvalue weighted by atomic mass is 9.62. The van der Waals surface area contributed by atoms with Crippen LogP contribution in [-0.4, -0.2) is 22.2 Å². The van der Waals surface area contributed by atoms with Crippen LogP contribution in [0.2, 0.25) is 0 Å². The van der Waals surface area contributed by atoms with E-state index < -0.39 is 11.9 Å². The molecule has 160 valence electrons. The maximum Gasteiger partial charge on any atom is 0.335 e. The zero-order valence-corrected chi connectivity index (χ0v) is 18.8. The number of carboxylic acid groups (broad SMARTS) is 2. The molecule has 0 bridgehead atoms. The minimum absolute atomic E-state index is 0.154. The van der Waals surface area contributed by atoms with E-state index in [9.17, 15) is 4.79 Å². The Labute approximate surface area is 179 Å². The molecular weight excluding hydrogens is 376 g/mol. The standard InChI is InChI=1S/C24H28O2.C2H4O2/c1-15-13-20-21(24(5,6)12-11-23(20,3)4)14-19(15)16(2)17-7-9-18(10-8-17)22(25)26;1-2(3)4/h7-10,13-14H,2,11-12H2,1,3-6H3,(H,25,26);1H3,(H,3,4). The van der Waals surface area contributed by atoms with E-state index >= 15 is 0 Å². The SMILES string of the molecule is C=C(c1ccc(C(=O)O)cc1)c1cc2c(cc1C)C(C)(C)CCC2(C)C.CC(=O)O. The van der Waals surface area contributed by atoms with Crippen molar-refractivity contribution >= 4 is 17.5 Å². The summed E-state index contributed by atoms with van der Waals surface area (Å²) in [7, 11) is 0. The van der Waals surface area contributed by atoms with Gasteiger partial charge in [-0.15, -0.1) is 0 Å². The molecule has 2 aromatic carbocycles. The summed E-state index contributed by atoms with van der Waals surface area (Å²) in [5.41, 5.74) is 7.79. The van der Waals surface area contributed by atoms with Gasteiger partial charge >= 0.3 is 5.97 Å². The van der Waals surface area contributed by atoms with Crippen molar-refractivity contribution in [3.63, 3.8) is 0 Å². The van der Waals surface area contributed by atoms with Gasteiger partial charge in [0.1, 0.15) is 0 Å². The fourth-order valence-electron chi connectivity index (χ4n) is 4.02. The summed E-state index contributed by atoms with van der Waals surface area (Å²) in [5, 5.41) is 16.5. The quantitative estimate of drug-likeness (QED) is 0.634. The van der Waals surface area contributed by atoms with Crippen molar-refractivity contribution in [2.24, 2.45) is 0 Å². The first-order chi connectivity index (χ1) is 13.8. The molecule has 4 nitrogen and oxygen atoms in total. The Morgan fingerprint density at radius 3 is 1.70 bits per heavy atom. The fourth-order valence-corrected chi connectivity index (χ4v) is 4.02. The summed E-state index contributed by atoms with van der Waals surface area (Å²) in [4.78, 5) is 20.1. The molecule has 0 unspecified atom stereocenters. The first-order valence-electron chi connectivity index (χ1n) is 10.1. The molecule has 0 heterocycles. The Bertz CT molecular complexity index is 975. The Balaban J connectivity index is 0.000000735. The second-order valence-corrected chi connectivity index (χ2v) is 9.36. The van der Waals surface area contributed by atoms with E-state index in [4.69, 9.17) is 15.0 Å². The van der Waals surface area contributed by atoms with Crippen LogP contribution in [0.15, 0.2) is 43.0 Å². The highest BCUT2D eigenvalue weighted by molar-refractivity contribution is 5.89. The molecule has 0 radical (unpaired) electrons. The number of aryl methyl sites for hydroxylation is 1. The molecule has 2 aromatic rings. The number of aliphatic carboxylic acids is 1. The molecule has 0 spiro atoms. The Hall–Kier alpha value is -2.88. The van der Waals surface area contributed by atoms with Crippen molar-refractivity contribution in [3.8, 4) is 0 Å². The predicted octanol–water partition coefficient (Wildman–Crippen LogP) is 6.19. The third kappa shape index (κ3) is 4.99. The highest BCUT2D eigenvalue weighted by Gasteiger charge is 2.37. The minimum atomic E-state index is -0.906. The van der Waals surface area contributed by atoms with Gasteiger partial charge in [0.25, 0.3) is 5.97 Å². The normalized spacial score (nSPS) is 15.9. The topological polar surface area (TPSA) is 74.6 Å². The van der Waals surface area contributed by atoms with E-state index in [0.717, 1.165) is 23.6 Å². The molecule has 0 saturated carbocycles. The molecule has 0 amide bonds. The Morgan fingerprint density at radius 1 is 0.867 bits per heavy atom. The van der Waals surface area contributed by atoms with E-state index in [1.807, 2.05) is 12.1 Å². The third-order valence-electron chi connectivity index (χ3n) is 6.00. The first kappa shape index (κ1) is 23.4. The van der Waals surface area contributed by atoms with Crippen LogP contribution >= 0.6 is 0 Å². The molecule has 0 atom stereocenters. The second kappa shape index (κ2) is 8.47. The number of hydrogen-bond acceptors (Lipinski definition) is 2. The van der Waals surface area contributed by atoms with E-state index in [1.54, 1.807) is 12.1 Å². The molecular formula is C26H32O4. The van der Waals surface area contributed by atoms with Crippen molar-refractivity contribution < 1.29 is 19.8 Å². The average Bonchev–Trinajstić information content (AvgIpc) is 2.64. The number of aromatic carboxylic acids is 1. The van der Waals surface area contributed by atoms with Crippen LogP contribution in [0.1, 0.15) is 85.6 Å². The minimum Gasteiger partial charge on any atom is -0.481 e. The van der Waals surface area contributed by atoms with Crippen LogP contribution in [0.3, 0.4) is 0 Å². The van der Waals surface area contributed by atoms with Crippen LogP contribution < -0.4 is 0 Å². The van der Waals surface area contributed by atoms with Crippen LogP contribution in [0.25, 0.3) is 5.57 Å². The fraction of sp³-hybridized carbons (Fsp3) is 0.385. The molecule has 1 aliphatic rings. The van der Waals surface area contributed by atoms with Gasteiger partial charge < -0.3 is 10.2 Å². The Morgan fingerprint density at radius 2 is 1.27 bits per heavy atom. The van der Waals surface area contributed by atoms with Crippen molar-refractivity contribution in [1.29, 1.82) is 0 Å². The summed E-state index contributed by atoms with van der Waals surface area (Å²) < 4.78 is 0. The van der Waals surface area contributed by atoms with Gasteiger partial charge in [0.15, 0.2) is 0 Å². The average molecular weight is 409 g/mol. The van der Waals surface area contributed by atoms with Gasteiger partial charge in [-0.25, -0.2) is 4.79 Å². The maximum absolute atomic E-state index is 11.1. The van der Waals surface area contributed by atoms with Gasteiger partial charge in [-0.1, -0.05) is 58.5 Å². The highest BCUT2D eigenvalue weighted by atomic mass is 16.4. The van der Waals surface area contributed by atoms with Gasteiger partial charge in [0, 0.05) is 6.92 Å². The van der Waals surface area contributed by atoms with Gasteiger partial charge in [-0.3, -0.25) is 4.79 Å². The van der Waals surface area contributed by atoms with Crippen molar-refractivity contribution in [3.05, 3.63) is 76.4 Å². The molecule has 0 aliphatic heterocycles. The molecule has 4 heteroatoms.